The van der Waals surface area contributed by atoms with Crippen LogP contribution in [-0.4, -0.2) is 12.1 Å². The Kier molecular flexibility index (Phi) is 4.31. The molecule has 3 aromatic rings. The van der Waals surface area contributed by atoms with Crippen LogP contribution in [0, 0.1) is 0 Å². The molecule has 0 radical (unpaired) electrons. The fraction of sp³-hybridized carbons (Fsp3) is 0.136. The molecule has 2 nitrogen and oxygen atoms in total. The predicted molar refractivity (Wildman–Crippen MR) is 97.5 cm³/mol. The van der Waals surface area contributed by atoms with E-state index in [2.05, 4.69) is 4.99 Å². The number of alkyl halides is 3. The van der Waals surface area contributed by atoms with Gasteiger partial charge in [0, 0.05) is 16.7 Å². The molecule has 142 valence electrons. The minimum absolute atomic E-state index is 0.304. The molecular weight excluding hydrogens is 370 g/mol. The van der Waals surface area contributed by atoms with Crippen LogP contribution in [0.15, 0.2) is 96.0 Å². The maximum atomic E-state index is 15.2. The van der Waals surface area contributed by atoms with Crippen molar-refractivity contribution in [3.05, 3.63) is 108 Å². The zero-order valence-electron chi connectivity index (χ0n) is 14.5. The van der Waals surface area contributed by atoms with Crippen molar-refractivity contribution in [3.63, 3.8) is 0 Å². The second-order valence-electron chi connectivity index (χ2n) is 6.43. The SMILES string of the molecule is FC1=NC(c2ccccc2)(c2ccccc2)OC1(c1ccccc1)C(F)(F)F. The summed E-state index contributed by atoms with van der Waals surface area (Å²) in [5.74, 6) is -1.63. The lowest BCUT2D eigenvalue weighted by molar-refractivity contribution is -0.274. The van der Waals surface area contributed by atoms with Gasteiger partial charge in [-0.05, 0) is 0 Å². The summed E-state index contributed by atoms with van der Waals surface area (Å²) < 4.78 is 63.7. The Hall–Kier alpha value is -2.99. The fourth-order valence-corrected chi connectivity index (χ4v) is 3.43. The van der Waals surface area contributed by atoms with Gasteiger partial charge in [0.15, 0.2) is 0 Å². The number of ether oxygens (including phenoxy) is 1. The second-order valence-corrected chi connectivity index (χ2v) is 6.43. The summed E-state index contributed by atoms with van der Waals surface area (Å²) in [6.45, 7) is 0. The van der Waals surface area contributed by atoms with Crippen LogP contribution in [0.5, 0.6) is 0 Å². The minimum Gasteiger partial charge on any atom is -0.316 e. The van der Waals surface area contributed by atoms with Crippen LogP contribution in [0.2, 0.25) is 0 Å². The number of aliphatic imine (C=N–C) groups is 1. The van der Waals surface area contributed by atoms with Gasteiger partial charge in [-0.15, -0.1) is 0 Å². The first-order valence-electron chi connectivity index (χ1n) is 8.59. The van der Waals surface area contributed by atoms with Crippen molar-refractivity contribution in [2.75, 3.05) is 0 Å². The third kappa shape index (κ3) is 2.64. The first kappa shape index (κ1) is 18.4. The summed E-state index contributed by atoms with van der Waals surface area (Å²) in [5, 5.41) is 0. The molecule has 0 saturated carbocycles. The van der Waals surface area contributed by atoms with Gasteiger partial charge < -0.3 is 4.74 Å². The van der Waals surface area contributed by atoms with Crippen molar-refractivity contribution >= 4 is 5.97 Å². The molecule has 4 rings (SSSR count). The van der Waals surface area contributed by atoms with Crippen LogP contribution < -0.4 is 0 Å². The van der Waals surface area contributed by atoms with Crippen LogP contribution in [0.1, 0.15) is 16.7 Å². The lowest BCUT2D eigenvalue weighted by Gasteiger charge is -2.35. The van der Waals surface area contributed by atoms with E-state index in [-0.39, 0.29) is 5.56 Å². The number of benzene rings is 3. The Bertz CT molecular complexity index is 948. The molecule has 1 aliphatic heterocycles. The third-order valence-electron chi connectivity index (χ3n) is 4.76. The van der Waals surface area contributed by atoms with Crippen molar-refractivity contribution in [2.24, 2.45) is 4.99 Å². The van der Waals surface area contributed by atoms with E-state index in [1.165, 1.54) is 24.3 Å². The molecule has 0 fully saturated rings. The van der Waals surface area contributed by atoms with E-state index in [1.807, 2.05) is 0 Å². The molecule has 1 heterocycles. The molecule has 28 heavy (non-hydrogen) atoms. The van der Waals surface area contributed by atoms with E-state index in [0.717, 1.165) is 0 Å². The zero-order valence-corrected chi connectivity index (χ0v) is 14.5. The number of hydrogen-bond acceptors (Lipinski definition) is 2. The predicted octanol–water partition coefficient (Wildman–Crippen LogP) is 5.74. The molecule has 0 N–H and O–H groups in total. The maximum absolute atomic E-state index is 15.2. The van der Waals surface area contributed by atoms with Gasteiger partial charge in [-0.2, -0.15) is 17.6 Å². The summed E-state index contributed by atoms with van der Waals surface area (Å²) in [6, 6.07) is 23.0. The molecule has 0 amide bonds. The standard InChI is InChI=1S/C22H15F4NO/c23-19-20(22(24,25)26,16-10-4-1-5-11-16)28-21(27-19,17-12-6-2-7-13-17)18-14-8-3-9-15-18/h1-15H. The lowest BCUT2D eigenvalue weighted by Crippen LogP contribution is -2.49. The minimum atomic E-state index is -5.06. The van der Waals surface area contributed by atoms with Crippen molar-refractivity contribution in [1.82, 2.24) is 0 Å². The van der Waals surface area contributed by atoms with E-state index in [4.69, 9.17) is 4.74 Å². The topological polar surface area (TPSA) is 21.6 Å². The molecule has 1 unspecified atom stereocenters. The van der Waals surface area contributed by atoms with E-state index in [0.29, 0.717) is 11.1 Å². The van der Waals surface area contributed by atoms with E-state index >= 15 is 4.39 Å². The Labute approximate surface area is 159 Å². The molecule has 0 aliphatic carbocycles. The van der Waals surface area contributed by atoms with Crippen molar-refractivity contribution in [1.29, 1.82) is 0 Å². The Balaban J connectivity index is 1.99. The first-order valence-corrected chi connectivity index (χ1v) is 8.59. The molecule has 0 bridgehead atoms. The summed E-state index contributed by atoms with van der Waals surface area (Å²) in [6.07, 6.45) is -5.06. The first-order chi connectivity index (χ1) is 13.4. The molecule has 0 aromatic heterocycles. The molecule has 1 aliphatic rings. The lowest BCUT2D eigenvalue weighted by atomic mass is 9.92. The average molecular weight is 385 g/mol. The summed E-state index contributed by atoms with van der Waals surface area (Å²) >= 11 is 0. The summed E-state index contributed by atoms with van der Waals surface area (Å²) in [7, 11) is 0. The van der Waals surface area contributed by atoms with Crippen LogP contribution >= 0.6 is 0 Å². The Morgan fingerprint density at radius 3 is 1.43 bits per heavy atom. The van der Waals surface area contributed by atoms with E-state index < -0.39 is 23.5 Å². The van der Waals surface area contributed by atoms with Gasteiger partial charge in [0.25, 0.3) is 5.60 Å². The second kappa shape index (κ2) is 6.56. The van der Waals surface area contributed by atoms with Gasteiger partial charge in [0.1, 0.15) is 0 Å². The number of halogens is 4. The molecular formula is C22H15F4NO. The Morgan fingerprint density at radius 1 is 0.643 bits per heavy atom. The van der Waals surface area contributed by atoms with Gasteiger partial charge in [0.05, 0.1) is 0 Å². The van der Waals surface area contributed by atoms with Crippen molar-refractivity contribution < 1.29 is 22.3 Å². The van der Waals surface area contributed by atoms with E-state index in [9.17, 15) is 13.2 Å². The Morgan fingerprint density at radius 2 is 1.04 bits per heavy atom. The molecule has 0 saturated heterocycles. The number of rotatable bonds is 3. The third-order valence-corrected chi connectivity index (χ3v) is 4.76. The van der Waals surface area contributed by atoms with Crippen molar-refractivity contribution in [3.8, 4) is 0 Å². The van der Waals surface area contributed by atoms with Gasteiger partial charge in [-0.3, -0.25) is 0 Å². The van der Waals surface area contributed by atoms with Crippen LogP contribution in [0.3, 0.4) is 0 Å². The quantitative estimate of drug-likeness (QED) is 0.527. The van der Waals surface area contributed by atoms with Crippen molar-refractivity contribution in [2.45, 2.75) is 17.5 Å². The highest BCUT2D eigenvalue weighted by molar-refractivity contribution is 5.89. The number of hydrogen-bond donors (Lipinski definition) is 0. The zero-order chi connectivity index (χ0) is 19.8. The smallest absolute Gasteiger partial charge is 0.316 e. The fourth-order valence-electron chi connectivity index (χ4n) is 3.43. The van der Waals surface area contributed by atoms with Crippen LogP contribution in [0.4, 0.5) is 17.6 Å². The molecule has 1 atom stereocenters. The largest absolute Gasteiger partial charge is 0.430 e. The highest BCUT2D eigenvalue weighted by Crippen LogP contribution is 2.55. The van der Waals surface area contributed by atoms with Gasteiger partial charge in [-0.1, -0.05) is 91.0 Å². The highest BCUT2D eigenvalue weighted by atomic mass is 19.4. The highest BCUT2D eigenvalue weighted by Gasteiger charge is 2.69. The number of nitrogens with zero attached hydrogens (tertiary/aromatic N) is 1. The van der Waals surface area contributed by atoms with Crippen LogP contribution in [-0.2, 0) is 16.1 Å². The average Bonchev–Trinajstić information content (AvgIpc) is 3.05. The maximum Gasteiger partial charge on any atom is 0.430 e. The van der Waals surface area contributed by atoms with Crippen LogP contribution in [0.25, 0.3) is 0 Å². The molecule has 6 heteroatoms. The normalized spacial score (nSPS) is 21.4. The summed E-state index contributed by atoms with van der Waals surface area (Å²) in [5.41, 5.74) is -5.01. The van der Waals surface area contributed by atoms with Gasteiger partial charge in [-0.25, -0.2) is 4.99 Å². The monoisotopic (exact) mass is 385 g/mol. The molecule has 0 spiro atoms. The van der Waals surface area contributed by atoms with E-state index in [1.54, 1.807) is 66.7 Å². The summed E-state index contributed by atoms with van der Waals surface area (Å²) in [4.78, 5) is 3.86. The van der Waals surface area contributed by atoms with Gasteiger partial charge in [0.2, 0.25) is 11.7 Å². The molecule has 3 aromatic carbocycles. The van der Waals surface area contributed by atoms with Gasteiger partial charge >= 0.3 is 6.18 Å².